The molecule has 1 fully saturated rings. The lowest BCUT2D eigenvalue weighted by atomic mass is 9.95. The number of aromatic nitrogens is 2. The number of likely N-dealkylation sites (tertiary alicyclic amines) is 1. The first kappa shape index (κ1) is 20.2. The van der Waals surface area contributed by atoms with Crippen molar-refractivity contribution >= 4 is 27.5 Å². The highest BCUT2D eigenvalue weighted by Gasteiger charge is 2.28. The van der Waals surface area contributed by atoms with E-state index in [9.17, 15) is 9.59 Å². The van der Waals surface area contributed by atoms with Gasteiger partial charge in [0.25, 0.3) is 5.56 Å². The molecule has 0 unspecified atom stereocenters. The molecule has 0 bridgehead atoms. The van der Waals surface area contributed by atoms with E-state index < -0.39 is 0 Å². The third kappa shape index (κ3) is 3.99. The van der Waals surface area contributed by atoms with Crippen molar-refractivity contribution in [2.24, 2.45) is 0 Å². The van der Waals surface area contributed by atoms with Crippen LogP contribution in [-0.4, -0.2) is 41.0 Å². The van der Waals surface area contributed by atoms with Crippen LogP contribution in [0.5, 0.6) is 5.75 Å². The molecule has 1 saturated heterocycles. The first-order valence-electron chi connectivity index (χ1n) is 11.1. The summed E-state index contributed by atoms with van der Waals surface area (Å²) in [6.07, 6.45) is 6.61. The normalized spacial score (nSPS) is 18.7. The number of H-pyrrole nitrogens is 1. The van der Waals surface area contributed by atoms with E-state index >= 15 is 0 Å². The number of amides is 1. The summed E-state index contributed by atoms with van der Waals surface area (Å²) in [7, 11) is 1.63. The summed E-state index contributed by atoms with van der Waals surface area (Å²) in [6, 6.07) is 7.63. The smallest absolute Gasteiger partial charge is 0.259 e. The van der Waals surface area contributed by atoms with Crippen LogP contribution in [-0.2, 0) is 24.1 Å². The Labute approximate surface area is 185 Å². The van der Waals surface area contributed by atoms with Gasteiger partial charge in [-0.05, 0) is 61.8 Å². The quantitative estimate of drug-likeness (QED) is 0.673. The van der Waals surface area contributed by atoms with Crippen molar-refractivity contribution in [3.05, 3.63) is 56.4 Å². The van der Waals surface area contributed by atoms with E-state index in [0.717, 1.165) is 66.0 Å². The van der Waals surface area contributed by atoms with Gasteiger partial charge in [-0.1, -0.05) is 12.1 Å². The van der Waals surface area contributed by atoms with Gasteiger partial charge in [-0.3, -0.25) is 9.59 Å². The number of hydrogen-bond acceptors (Lipinski definition) is 5. The Hall–Kier alpha value is -2.67. The second-order valence-corrected chi connectivity index (χ2v) is 9.63. The molecule has 31 heavy (non-hydrogen) atoms. The number of rotatable bonds is 4. The molecule has 0 spiro atoms. The minimum atomic E-state index is -0.0129. The Balaban J connectivity index is 1.34. The Bertz CT molecular complexity index is 1170. The molecule has 1 amide bonds. The molecule has 3 heterocycles. The van der Waals surface area contributed by atoms with Crippen LogP contribution in [0.4, 0.5) is 0 Å². The number of hydrogen-bond donors (Lipinski definition) is 1. The molecule has 3 aromatic rings. The number of piperidine rings is 1. The maximum absolute atomic E-state index is 12.9. The van der Waals surface area contributed by atoms with Gasteiger partial charge in [-0.2, -0.15) is 0 Å². The first-order valence-corrected chi connectivity index (χ1v) is 11.9. The molecule has 0 saturated carbocycles. The van der Waals surface area contributed by atoms with Gasteiger partial charge < -0.3 is 14.6 Å². The van der Waals surface area contributed by atoms with Crippen molar-refractivity contribution < 1.29 is 9.53 Å². The molecule has 1 aliphatic heterocycles. The van der Waals surface area contributed by atoms with Gasteiger partial charge in [0.2, 0.25) is 5.91 Å². The number of aromatic amines is 1. The monoisotopic (exact) mass is 437 g/mol. The molecule has 1 aromatic carbocycles. The highest BCUT2D eigenvalue weighted by molar-refractivity contribution is 7.18. The third-order valence-corrected chi connectivity index (χ3v) is 7.70. The van der Waals surface area contributed by atoms with E-state index in [2.05, 4.69) is 4.98 Å². The Kier molecular flexibility index (Phi) is 5.52. The van der Waals surface area contributed by atoms with Crippen LogP contribution < -0.4 is 10.3 Å². The highest BCUT2D eigenvalue weighted by Crippen LogP contribution is 2.34. The van der Waals surface area contributed by atoms with Gasteiger partial charge in [-0.15, -0.1) is 11.3 Å². The number of benzene rings is 1. The van der Waals surface area contributed by atoms with Gasteiger partial charge in [0.1, 0.15) is 16.4 Å². The zero-order valence-corrected chi connectivity index (χ0v) is 18.6. The SMILES string of the molecule is COc1ccc(CC(=O)N2CCC[C@H](c3nc4sc5c(c4c(=O)[nH]3)CCCC5)C2)cc1. The largest absolute Gasteiger partial charge is 0.497 e. The summed E-state index contributed by atoms with van der Waals surface area (Å²) in [5, 5.41) is 0.798. The number of nitrogens with zero attached hydrogens (tertiary/aromatic N) is 2. The molecule has 1 atom stereocenters. The molecular formula is C24H27N3O3S. The van der Waals surface area contributed by atoms with Crippen molar-refractivity contribution in [2.45, 2.75) is 50.9 Å². The number of carbonyl (C=O) groups excluding carboxylic acids is 1. The molecule has 5 rings (SSSR count). The number of methoxy groups -OCH3 is 1. The van der Waals surface area contributed by atoms with E-state index in [4.69, 9.17) is 9.72 Å². The summed E-state index contributed by atoms with van der Waals surface area (Å²) in [6.45, 7) is 1.36. The van der Waals surface area contributed by atoms with E-state index in [1.807, 2.05) is 29.2 Å². The second kappa shape index (κ2) is 8.46. The van der Waals surface area contributed by atoms with Crippen LogP contribution in [0.25, 0.3) is 10.2 Å². The zero-order valence-electron chi connectivity index (χ0n) is 17.8. The minimum Gasteiger partial charge on any atom is -0.497 e. The lowest BCUT2D eigenvalue weighted by molar-refractivity contribution is -0.131. The van der Waals surface area contributed by atoms with Gasteiger partial charge in [0, 0.05) is 23.9 Å². The lowest BCUT2D eigenvalue weighted by Gasteiger charge is -2.32. The summed E-state index contributed by atoms with van der Waals surface area (Å²) >= 11 is 1.68. The molecule has 2 aromatic heterocycles. The average molecular weight is 438 g/mol. The van der Waals surface area contributed by atoms with Crippen molar-refractivity contribution in [3.8, 4) is 5.75 Å². The van der Waals surface area contributed by atoms with Crippen LogP contribution in [0, 0.1) is 0 Å². The fourth-order valence-corrected chi connectivity index (χ4v) is 6.10. The molecule has 1 N–H and O–H groups in total. The summed E-state index contributed by atoms with van der Waals surface area (Å²) in [5.74, 6) is 1.71. The maximum atomic E-state index is 12.9. The molecule has 162 valence electrons. The molecular weight excluding hydrogens is 410 g/mol. The predicted octanol–water partition coefficient (Wildman–Crippen LogP) is 3.82. The third-order valence-electron chi connectivity index (χ3n) is 6.52. The van der Waals surface area contributed by atoms with E-state index in [1.165, 1.54) is 16.9 Å². The van der Waals surface area contributed by atoms with Gasteiger partial charge in [0.05, 0.1) is 18.9 Å². The minimum absolute atomic E-state index is 0.0129. The van der Waals surface area contributed by atoms with Crippen molar-refractivity contribution in [3.63, 3.8) is 0 Å². The van der Waals surface area contributed by atoms with Crippen LogP contribution in [0.15, 0.2) is 29.1 Å². The summed E-state index contributed by atoms with van der Waals surface area (Å²) in [4.78, 5) is 37.9. The van der Waals surface area contributed by atoms with Crippen molar-refractivity contribution in [1.82, 2.24) is 14.9 Å². The Morgan fingerprint density at radius 1 is 1.23 bits per heavy atom. The van der Waals surface area contributed by atoms with Gasteiger partial charge in [-0.25, -0.2) is 4.98 Å². The lowest BCUT2D eigenvalue weighted by Crippen LogP contribution is -2.40. The van der Waals surface area contributed by atoms with Crippen LogP contribution >= 0.6 is 11.3 Å². The fourth-order valence-electron chi connectivity index (χ4n) is 4.83. The molecule has 7 heteroatoms. The first-order chi connectivity index (χ1) is 15.1. The standard InChI is InChI=1S/C24H27N3O3S/c1-30-17-10-8-15(9-11-17)13-20(28)27-12-4-5-16(14-27)22-25-23(29)21-18-6-2-3-7-19(18)31-24(21)26-22/h8-11,16H,2-7,12-14H2,1H3,(H,25,26,29)/t16-/m0/s1. The molecule has 6 nitrogen and oxygen atoms in total. The van der Waals surface area contributed by atoms with E-state index in [-0.39, 0.29) is 17.4 Å². The van der Waals surface area contributed by atoms with Gasteiger partial charge in [0.15, 0.2) is 0 Å². The number of carbonyl (C=O) groups is 1. The number of ether oxygens (including phenoxy) is 1. The van der Waals surface area contributed by atoms with Crippen LogP contribution in [0.2, 0.25) is 0 Å². The summed E-state index contributed by atoms with van der Waals surface area (Å²) in [5.41, 5.74) is 2.18. The number of aryl methyl sites for hydroxylation is 2. The van der Waals surface area contributed by atoms with Crippen molar-refractivity contribution in [1.29, 1.82) is 0 Å². The van der Waals surface area contributed by atoms with Crippen molar-refractivity contribution in [2.75, 3.05) is 20.2 Å². The van der Waals surface area contributed by atoms with Crippen LogP contribution in [0.3, 0.4) is 0 Å². The number of thiophene rings is 1. The van der Waals surface area contributed by atoms with Crippen LogP contribution in [0.1, 0.15) is 53.4 Å². The van der Waals surface area contributed by atoms with E-state index in [1.54, 1.807) is 18.4 Å². The summed E-state index contributed by atoms with van der Waals surface area (Å²) < 4.78 is 5.19. The highest BCUT2D eigenvalue weighted by atomic mass is 32.1. The number of fused-ring (bicyclic) bond motifs is 3. The molecule has 0 radical (unpaired) electrons. The molecule has 1 aliphatic carbocycles. The Morgan fingerprint density at radius 3 is 2.84 bits per heavy atom. The average Bonchev–Trinajstić information content (AvgIpc) is 3.18. The second-order valence-electron chi connectivity index (χ2n) is 8.55. The zero-order chi connectivity index (χ0) is 21.4. The topological polar surface area (TPSA) is 75.3 Å². The fraction of sp³-hybridized carbons (Fsp3) is 0.458. The van der Waals surface area contributed by atoms with Gasteiger partial charge >= 0.3 is 0 Å². The predicted molar refractivity (Wildman–Crippen MR) is 122 cm³/mol. The van der Waals surface area contributed by atoms with E-state index in [0.29, 0.717) is 13.0 Å². The maximum Gasteiger partial charge on any atom is 0.259 e. The number of nitrogens with one attached hydrogen (secondary N) is 1. The Morgan fingerprint density at radius 2 is 2.03 bits per heavy atom. The molecule has 2 aliphatic rings.